The number of ether oxygens (including phenoxy) is 1. The van der Waals surface area contributed by atoms with Crippen LogP contribution in [0.3, 0.4) is 0 Å². The molecule has 0 amide bonds. The summed E-state index contributed by atoms with van der Waals surface area (Å²) in [5.74, 6) is 0.775. The summed E-state index contributed by atoms with van der Waals surface area (Å²) in [6, 6.07) is 0. The standard InChI is InChI=1S/C15H32N2O/c1-3-16-10-6-4-5-7-11-17(2)13-15-9-8-12-18-14-15/h15-16H,3-14H2,1-2H3. The van der Waals surface area contributed by atoms with Gasteiger partial charge in [-0.3, -0.25) is 0 Å². The summed E-state index contributed by atoms with van der Waals surface area (Å²) in [6.07, 6.45) is 8.02. The van der Waals surface area contributed by atoms with Crippen molar-refractivity contribution in [1.82, 2.24) is 10.2 Å². The molecule has 1 aliphatic rings. The van der Waals surface area contributed by atoms with Crippen molar-refractivity contribution in [3.05, 3.63) is 0 Å². The molecule has 0 aliphatic carbocycles. The fourth-order valence-corrected chi connectivity index (χ4v) is 2.65. The second-order valence-electron chi connectivity index (χ2n) is 5.61. The molecule has 0 aromatic heterocycles. The van der Waals surface area contributed by atoms with E-state index in [9.17, 15) is 0 Å². The predicted molar refractivity (Wildman–Crippen MR) is 78.1 cm³/mol. The van der Waals surface area contributed by atoms with Crippen molar-refractivity contribution in [3.8, 4) is 0 Å². The van der Waals surface area contributed by atoms with Gasteiger partial charge in [-0.2, -0.15) is 0 Å². The van der Waals surface area contributed by atoms with Crippen LogP contribution in [-0.2, 0) is 4.74 Å². The van der Waals surface area contributed by atoms with E-state index >= 15 is 0 Å². The first-order valence-electron chi connectivity index (χ1n) is 7.80. The zero-order valence-corrected chi connectivity index (χ0v) is 12.4. The molecule has 3 nitrogen and oxygen atoms in total. The lowest BCUT2D eigenvalue weighted by Gasteiger charge is -2.27. The summed E-state index contributed by atoms with van der Waals surface area (Å²) in [5, 5.41) is 3.38. The topological polar surface area (TPSA) is 24.5 Å². The molecule has 1 fully saturated rings. The van der Waals surface area contributed by atoms with Crippen molar-refractivity contribution in [2.75, 3.05) is 46.4 Å². The van der Waals surface area contributed by atoms with Gasteiger partial charge in [0.05, 0.1) is 6.61 Å². The number of nitrogens with one attached hydrogen (secondary N) is 1. The summed E-state index contributed by atoms with van der Waals surface area (Å²) >= 11 is 0. The molecule has 18 heavy (non-hydrogen) atoms. The lowest BCUT2D eigenvalue weighted by Crippen LogP contribution is -2.31. The summed E-state index contributed by atoms with van der Waals surface area (Å²) in [4.78, 5) is 2.49. The van der Waals surface area contributed by atoms with Crippen molar-refractivity contribution in [1.29, 1.82) is 0 Å². The van der Waals surface area contributed by atoms with Gasteiger partial charge in [-0.05, 0) is 58.3 Å². The predicted octanol–water partition coefficient (Wildman–Crippen LogP) is 2.51. The van der Waals surface area contributed by atoms with E-state index in [0.29, 0.717) is 0 Å². The van der Waals surface area contributed by atoms with Gasteiger partial charge in [0.2, 0.25) is 0 Å². The number of hydrogen-bond donors (Lipinski definition) is 1. The minimum Gasteiger partial charge on any atom is -0.381 e. The summed E-state index contributed by atoms with van der Waals surface area (Å²) in [6.45, 7) is 8.88. The average Bonchev–Trinajstić information content (AvgIpc) is 2.39. The molecule has 3 heteroatoms. The van der Waals surface area contributed by atoms with Gasteiger partial charge in [0, 0.05) is 13.2 Å². The summed E-state index contributed by atoms with van der Waals surface area (Å²) in [7, 11) is 2.26. The molecular formula is C15H32N2O. The Morgan fingerprint density at radius 2 is 2.06 bits per heavy atom. The molecule has 1 aliphatic heterocycles. The molecule has 1 N–H and O–H groups in total. The van der Waals surface area contributed by atoms with Crippen molar-refractivity contribution >= 4 is 0 Å². The number of unbranched alkanes of at least 4 members (excludes halogenated alkanes) is 3. The molecule has 0 bridgehead atoms. The van der Waals surface area contributed by atoms with Crippen LogP contribution in [0.4, 0.5) is 0 Å². The smallest absolute Gasteiger partial charge is 0.0506 e. The van der Waals surface area contributed by atoms with Crippen LogP contribution < -0.4 is 5.32 Å². The van der Waals surface area contributed by atoms with E-state index in [4.69, 9.17) is 4.74 Å². The highest BCUT2D eigenvalue weighted by Gasteiger charge is 2.15. The van der Waals surface area contributed by atoms with E-state index in [-0.39, 0.29) is 0 Å². The third kappa shape index (κ3) is 8.06. The van der Waals surface area contributed by atoms with E-state index < -0.39 is 0 Å². The highest BCUT2D eigenvalue weighted by molar-refractivity contribution is 4.67. The Kier molecular flexibility index (Phi) is 9.54. The Bertz CT molecular complexity index is 181. The van der Waals surface area contributed by atoms with Crippen molar-refractivity contribution in [2.24, 2.45) is 5.92 Å². The number of hydrogen-bond acceptors (Lipinski definition) is 3. The average molecular weight is 256 g/mol. The van der Waals surface area contributed by atoms with Crippen molar-refractivity contribution < 1.29 is 4.74 Å². The quantitative estimate of drug-likeness (QED) is 0.608. The molecule has 1 rings (SSSR count). The fourth-order valence-electron chi connectivity index (χ4n) is 2.65. The van der Waals surface area contributed by atoms with Crippen LogP contribution in [0.2, 0.25) is 0 Å². The van der Waals surface area contributed by atoms with Crippen LogP contribution in [0.15, 0.2) is 0 Å². The van der Waals surface area contributed by atoms with Crippen LogP contribution >= 0.6 is 0 Å². The Labute approximate surface area is 113 Å². The Morgan fingerprint density at radius 3 is 2.78 bits per heavy atom. The molecule has 1 heterocycles. The van der Waals surface area contributed by atoms with Gasteiger partial charge in [-0.15, -0.1) is 0 Å². The zero-order chi connectivity index (χ0) is 13.1. The molecule has 0 aromatic rings. The molecule has 1 atom stereocenters. The van der Waals surface area contributed by atoms with Gasteiger partial charge in [0.1, 0.15) is 0 Å². The second kappa shape index (κ2) is 10.8. The highest BCUT2D eigenvalue weighted by atomic mass is 16.5. The van der Waals surface area contributed by atoms with Crippen LogP contribution in [0.25, 0.3) is 0 Å². The molecule has 1 saturated heterocycles. The minimum absolute atomic E-state index is 0.775. The van der Waals surface area contributed by atoms with Crippen LogP contribution in [0.5, 0.6) is 0 Å². The third-order valence-electron chi connectivity index (χ3n) is 3.72. The molecule has 0 aromatic carbocycles. The van der Waals surface area contributed by atoms with Crippen molar-refractivity contribution in [3.63, 3.8) is 0 Å². The maximum atomic E-state index is 5.53. The van der Waals surface area contributed by atoms with Crippen LogP contribution in [0, 0.1) is 5.92 Å². The van der Waals surface area contributed by atoms with E-state index in [1.165, 1.54) is 58.2 Å². The summed E-state index contributed by atoms with van der Waals surface area (Å²) < 4.78 is 5.53. The molecule has 108 valence electrons. The third-order valence-corrected chi connectivity index (χ3v) is 3.72. The molecule has 0 saturated carbocycles. The van der Waals surface area contributed by atoms with Gasteiger partial charge in [0.15, 0.2) is 0 Å². The SMILES string of the molecule is CCNCCCCCCN(C)CC1CCCOC1. The fraction of sp³-hybridized carbons (Fsp3) is 1.00. The van der Waals surface area contributed by atoms with Crippen LogP contribution in [-0.4, -0.2) is 51.3 Å². The molecule has 0 spiro atoms. The molecule has 1 unspecified atom stereocenters. The normalized spacial score (nSPS) is 20.5. The maximum absolute atomic E-state index is 5.53. The first-order chi connectivity index (χ1) is 8.83. The van der Waals surface area contributed by atoms with Gasteiger partial charge in [-0.1, -0.05) is 19.8 Å². The van der Waals surface area contributed by atoms with Crippen LogP contribution in [0.1, 0.15) is 45.4 Å². The van der Waals surface area contributed by atoms with E-state index in [0.717, 1.165) is 25.7 Å². The number of nitrogens with zero attached hydrogens (tertiary/aromatic N) is 1. The Balaban J connectivity index is 1.88. The van der Waals surface area contributed by atoms with E-state index in [1.54, 1.807) is 0 Å². The minimum atomic E-state index is 0.775. The molecular weight excluding hydrogens is 224 g/mol. The number of rotatable bonds is 10. The lowest BCUT2D eigenvalue weighted by atomic mass is 10.0. The second-order valence-corrected chi connectivity index (χ2v) is 5.61. The monoisotopic (exact) mass is 256 g/mol. The highest BCUT2D eigenvalue weighted by Crippen LogP contribution is 2.14. The Hall–Kier alpha value is -0.120. The van der Waals surface area contributed by atoms with Gasteiger partial charge >= 0.3 is 0 Å². The van der Waals surface area contributed by atoms with Gasteiger partial charge in [0.25, 0.3) is 0 Å². The van der Waals surface area contributed by atoms with Gasteiger partial charge in [-0.25, -0.2) is 0 Å². The summed E-state index contributed by atoms with van der Waals surface area (Å²) in [5.41, 5.74) is 0. The largest absolute Gasteiger partial charge is 0.381 e. The Morgan fingerprint density at radius 1 is 1.22 bits per heavy atom. The maximum Gasteiger partial charge on any atom is 0.0506 e. The van der Waals surface area contributed by atoms with Crippen molar-refractivity contribution in [2.45, 2.75) is 45.4 Å². The van der Waals surface area contributed by atoms with E-state index in [1.807, 2.05) is 0 Å². The lowest BCUT2D eigenvalue weighted by molar-refractivity contribution is 0.0419. The molecule has 0 radical (unpaired) electrons. The van der Waals surface area contributed by atoms with Gasteiger partial charge < -0.3 is 15.0 Å². The first kappa shape index (κ1) is 15.9. The zero-order valence-electron chi connectivity index (χ0n) is 12.4. The van der Waals surface area contributed by atoms with E-state index in [2.05, 4.69) is 24.2 Å². The first-order valence-corrected chi connectivity index (χ1v) is 7.80.